The maximum atomic E-state index is 5.95. The molecule has 1 nitrogen and oxygen atoms in total. The maximum absolute atomic E-state index is 5.95. The van der Waals surface area contributed by atoms with E-state index in [1.807, 2.05) is 36.0 Å². The Balaban J connectivity index is 2.29. The van der Waals surface area contributed by atoms with Crippen molar-refractivity contribution in [3.8, 4) is 0 Å². The summed E-state index contributed by atoms with van der Waals surface area (Å²) in [5, 5.41) is 4.27. The molecule has 88 valence electrons. The van der Waals surface area contributed by atoms with Crippen molar-refractivity contribution in [3.05, 3.63) is 47.5 Å². The van der Waals surface area contributed by atoms with Crippen molar-refractivity contribution >= 4 is 23.4 Å². The summed E-state index contributed by atoms with van der Waals surface area (Å²) in [6, 6.07) is 8.35. The quantitative estimate of drug-likeness (QED) is 0.586. The number of rotatable bonds is 7. The Hall–Kier alpha value is -0.440. The predicted molar refractivity (Wildman–Crippen MR) is 75.4 cm³/mol. The Bertz CT molecular complexity index is 327. The van der Waals surface area contributed by atoms with Gasteiger partial charge in [-0.05, 0) is 24.6 Å². The predicted octanol–water partition coefficient (Wildman–Crippen LogP) is 3.91. The van der Waals surface area contributed by atoms with Gasteiger partial charge in [0.05, 0.1) is 0 Å². The Morgan fingerprint density at radius 3 is 3.06 bits per heavy atom. The van der Waals surface area contributed by atoms with E-state index in [0.29, 0.717) is 6.04 Å². The summed E-state index contributed by atoms with van der Waals surface area (Å²) in [5.41, 5.74) is 1.24. The van der Waals surface area contributed by atoms with E-state index >= 15 is 0 Å². The molecule has 1 unspecified atom stereocenters. The van der Waals surface area contributed by atoms with Crippen LogP contribution in [0.3, 0.4) is 0 Å². The molecule has 0 saturated heterocycles. The van der Waals surface area contributed by atoms with Crippen molar-refractivity contribution in [2.45, 2.75) is 13.0 Å². The third-order valence-corrected chi connectivity index (χ3v) is 3.48. The molecule has 1 aromatic rings. The molecule has 0 aliphatic rings. The first-order chi connectivity index (χ1) is 7.74. The smallest absolute Gasteiger partial charge is 0.0409 e. The Morgan fingerprint density at radius 1 is 1.56 bits per heavy atom. The molecular formula is C13H18ClNS. The molecule has 0 fully saturated rings. The van der Waals surface area contributed by atoms with Crippen molar-refractivity contribution in [3.63, 3.8) is 0 Å². The standard InChI is InChI=1S/C13H18ClNS/c1-3-8-16-9-7-15-11(2)12-5-4-6-13(14)10-12/h3-6,10-11,15H,1,7-9H2,2H3. The fourth-order valence-corrected chi connectivity index (χ4v) is 2.20. The lowest BCUT2D eigenvalue weighted by atomic mass is 10.1. The highest BCUT2D eigenvalue weighted by Crippen LogP contribution is 2.17. The van der Waals surface area contributed by atoms with Crippen molar-refractivity contribution in [1.82, 2.24) is 5.32 Å². The third kappa shape index (κ3) is 5.06. The molecule has 0 saturated carbocycles. The van der Waals surface area contributed by atoms with Crippen molar-refractivity contribution in [2.24, 2.45) is 0 Å². The van der Waals surface area contributed by atoms with Crippen LogP contribution < -0.4 is 5.32 Å². The van der Waals surface area contributed by atoms with Crippen LogP contribution >= 0.6 is 23.4 Å². The Morgan fingerprint density at radius 2 is 2.38 bits per heavy atom. The number of hydrogen-bond donors (Lipinski definition) is 1. The molecule has 16 heavy (non-hydrogen) atoms. The van der Waals surface area contributed by atoms with Crippen LogP contribution in [0.4, 0.5) is 0 Å². The van der Waals surface area contributed by atoms with E-state index in [1.165, 1.54) is 5.56 Å². The first kappa shape index (κ1) is 13.6. The Kier molecular flexibility index (Phi) is 6.62. The van der Waals surface area contributed by atoms with E-state index in [0.717, 1.165) is 23.1 Å². The summed E-state index contributed by atoms with van der Waals surface area (Å²) in [6.07, 6.45) is 1.94. The molecular weight excluding hydrogens is 238 g/mol. The van der Waals surface area contributed by atoms with E-state index in [4.69, 9.17) is 11.6 Å². The second-order valence-electron chi connectivity index (χ2n) is 3.59. The van der Waals surface area contributed by atoms with Crippen molar-refractivity contribution in [2.75, 3.05) is 18.1 Å². The first-order valence-electron chi connectivity index (χ1n) is 5.41. The molecule has 0 aromatic heterocycles. The fraction of sp³-hybridized carbons (Fsp3) is 0.385. The zero-order chi connectivity index (χ0) is 11.8. The van der Waals surface area contributed by atoms with Gasteiger partial charge < -0.3 is 5.32 Å². The van der Waals surface area contributed by atoms with Crippen molar-refractivity contribution in [1.29, 1.82) is 0 Å². The summed E-state index contributed by atoms with van der Waals surface area (Å²) in [6.45, 7) is 6.86. The van der Waals surface area contributed by atoms with Crippen LogP contribution in [0.1, 0.15) is 18.5 Å². The normalized spacial score (nSPS) is 12.4. The molecule has 1 aromatic carbocycles. The van der Waals surface area contributed by atoms with Crippen LogP contribution in [0.2, 0.25) is 5.02 Å². The molecule has 0 aliphatic carbocycles. The number of hydrogen-bond acceptors (Lipinski definition) is 2. The molecule has 0 aliphatic heterocycles. The van der Waals surface area contributed by atoms with Gasteiger partial charge in [-0.2, -0.15) is 11.8 Å². The van der Waals surface area contributed by atoms with Gasteiger partial charge >= 0.3 is 0 Å². The number of halogens is 1. The average Bonchev–Trinajstić information content (AvgIpc) is 2.28. The third-order valence-electron chi connectivity index (χ3n) is 2.28. The van der Waals surface area contributed by atoms with Gasteiger partial charge in [-0.15, -0.1) is 6.58 Å². The van der Waals surface area contributed by atoms with E-state index in [1.54, 1.807) is 0 Å². The summed E-state index contributed by atoms with van der Waals surface area (Å²) in [5.74, 6) is 2.13. The van der Waals surface area contributed by atoms with Gasteiger partial charge in [0.15, 0.2) is 0 Å². The highest BCUT2D eigenvalue weighted by molar-refractivity contribution is 7.99. The molecule has 0 bridgehead atoms. The number of nitrogens with one attached hydrogen (secondary N) is 1. The van der Waals surface area contributed by atoms with Gasteiger partial charge in [0, 0.05) is 29.1 Å². The molecule has 0 heterocycles. The van der Waals surface area contributed by atoms with Crippen LogP contribution in [0.5, 0.6) is 0 Å². The number of thioether (sulfide) groups is 1. The summed E-state index contributed by atoms with van der Waals surface area (Å²) >= 11 is 7.84. The minimum absolute atomic E-state index is 0.350. The van der Waals surface area contributed by atoms with Crippen LogP contribution in [0, 0.1) is 0 Å². The van der Waals surface area contributed by atoms with Crippen LogP contribution in [-0.4, -0.2) is 18.1 Å². The SMILES string of the molecule is C=CCSCCNC(C)c1cccc(Cl)c1. The van der Waals surface area contributed by atoms with Crippen LogP contribution in [0.25, 0.3) is 0 Å². The minimum Gasteiger partial charge on any atom is -0.309 e. The van der Waals surface area contributed by atoms with E-state index < -0.39 is 0 Å². The zero-order valence-corrected chi connectivity index (χ0v) is 11.2. The monoisotopic (exact) mass is 255 g/mol. The first-order valence-corrected chi connectivity index (χ1v) is 6.95. The van der Waals surface area contributed by atoms with Gasteiger partial charge in [-0.25, -0.2) is 0 Å². The van der Waals surface area contributed by atoms with E-state index in [-0.39, 0.29) is 0 Å². The van der Waals surface area contributed by atoms with Gasteiger partial charge in [-0.1, -0.05) is 29.8 Å². The molecule has 0 amide bonds. The molecule has 1 rings (SSSR count). The second kappa shape index (κ2) is 7.77. The topological polar surface area (TPSA) is 12.0 Å². The van der Waals surface area contributed by atoms with Gasteiger partial charge in [0.25, 0.3) is 0 Å². The zero-order valence-electron chi connectivity index (χ0n) is 9.58. The van der Waals surface area contributed by atoms with Gasteiger partial charge in [0.1, 0.15) is 0 Å². The second-order valence-corrected chi connectivity index (χ2v) is 5.18. The average molecular weight is 256 g/mol. The van der Waals surface area contributed by atoms with Crippen molar-refractivity contribution < 1.29 is 0 Å². The fourth-order valence-electron chi connectivity index (χ4n) is 1.41. The summed E-state index contributed by atoms with van der Waals surface area (Å²) in [7, 11) is 0. The summed E-state index contributed by atoms with van der Waals surface area (Å²) in [4.78, 5) is 0. The highest BCUT2D eigenvalue weighted by atomic mass is 35.5. The maximum Gasteiger partial charge on any atom is 0.0409 e. The largest absolute Gasteiger partial charge is 0.309 e. The lowest BCUT2D eigenvalue weighted by molar-refractivity contribution is 0.601. The highest BCUT2D eigenvalue weighted by Gasteiger charge is 2.03. The van der Waals surface area contributed by atoms with Crippen LogP contribution in [0.15, 0.2) is 36.9 Å². The molecule has 0 spiro atoms. The molecule has 0 radical (unpaired) electrons. The molecule has 1 N–H and O–H groups in total. The van der Waals surface area contributed by atoms with E-state index in [9.17, 15) is 0 Å². The van der Waals surface area contributed by atoms with Gasteiger partial charge in [-0.3, -0.25) is 0 Å². The molecule has 3 heteroatoms. The van der Waals surface area contributed by atoms with Gasteiger partial charge in [0.2, 0.25) is 0 Å². The van der Waals surface area contributed by atoms with Crippen LogP contribution in [-0.2, 0) is 0 Å². The molecule has 1 atom stereocenters. The number of benzene rings is 1. The van der Waals surface area contributed by atoms with E-state index in [2.05, 4.69) is 24.9 Å². The minimum atomic E-state index is 0.350. The lowest BCUT2D eigenvalue weighted by Gasteiger charge is -2.14. The lowest BCUT2D eigenvalue weighted by Crippen LogP contribution is -2.21. The summed E-state index contributed by atoms with van der Waals surface area (Å²) < 4.78 is 0. The Labute approximate surface area is 107 Å².